The fourth-order valence-electron chi connectivity index (χ4n) is 2.73. The Morgan fingerprint density at radius 1 is 1.11 bits per heavy atom. The second-order valence-electron chi connectivity index (χ2n) is 6.72. The van der Waals surface area contributed by atoms with Crippen molar-refractivity contribution in [2.24, 2.45) is 4.99 Å². The van der Waals surface area contributed by atoms with E-state index < -0.39 is 0 Å². The Morgan fingerprint density at radius 3 is 2.32 bits per heavy atom. The number of hydrogen-bond donors (Lipinski definition) is 0. The van der Waals surface area contributed by atoms with Gasteiger partial charge < -0.3 is 4.74 Å². The van der Waals surface area contributed by atoms with Crippen LogP contribution < -0.4 is 0 Å². The SMILES string of the molecule is COC(=O)c1ccc(/C=C2/SC(=Nc3ccc(C)cc3)N(C(C)C)C2=O)cc1. The average molecular weight is 394 g/mol. The van der Waals surface area contributed by atoms with Crippen molar-refractivity contribution < 1.29 is 14.3 Å². The highest BCUT2D eigenvalue weighted by atomic mass is 32.2. The minimum absolute atomic E-state index is 0.00296. The molecule has 1 fully saturated rings. The highest BCUT2D eigenvalue weighted by molar-refractivity contribution is 8.18. The summed E-state index contributed by atoms with van der Waals surface area (Å²) in [6, 6.07) is 14.8. The van der Waals surface area contributed by atoms with Crippen LogP contribution >= 0.6 is 11.8 Å². The highest BCUT2D eigenvalue weighted by Gasteiger charge is 2.35. The molecule has 0 radical (unpaired) electrons. The molecule has 1 saturated heterocycles. The zero-order valence-electron chi connectivity index (χ0n) is 16.3. The molecule has 0 aromatic heterocycles. The summed E-state index contributed by atoms with van der Waals surface area (Å²) in [5.41, 5.74) is 3.29. The Balaban J connectivity index is 1.90. The number of benzene rings is 2. The molecule has 0 bridgehead atoms. The van der Waals surface area contributed by atoms with Gasteiger partial charge in [-0.1, -0.05) is 29.8 Å². The van der Waals surface area contributed by atoms with Gasteiger partial charge in [0.2, 0.25) is 0 Å². The molecular weight excluding hydrogens is 372 g/mol. The van der Waals surface area contributed by atoms with Crippen LogP contribution in [0.1, 0.15) is 35.3 Å². The van der Waals surface area contributed by atoms with Crippen molar-refractivity contribution in [1.82, 2.24) is 4.90 Å². The van der Waals surface area contributed by atoms with Gasteiger partial charge in [0.05, 0.1) is 23.3 Å². The molecule has 2 aromatic rings. The topological polar surface area (TPSA) is 59.0 Å². The van der Waals surface area contributed by atoms with Gasteiger partial charge in [0.15, 0.2) is 5.17 Å². The molecule has 1 heterocycles. The van der Waals surface area contributed by atoms with Crippen LogP contribution in [0, 0.1) is 6.92 Å². The van der Waals surface area contributed by atoms with E-state index in [1.54, 1.807) is 29.2 Å². The van der Waals surface area contributed by atoms with Crippen LogP contribution in [-0.4, -0.2) is 35.1 Å². The van der Waals surface area contributed by atoms with Crippen LogP contribution in [0.2, 0.25) is 0 Å². The third-order valence-electron chi connectivity index (χ3n) is 4.24. The molecule has 1 aliphatic rings. The zero-order valence-corrected chi connectivity index (χ0v) is 17.1. The standard InChI is InChI=1S/C22H22N2O3S/c1-14(2)24-20(25)19(13-16-7-9-17(10-8-16)21(26)27-4)28-22(24)23-18-11-5-15(3)6-12-18/h5-14H,1-4H3/b19-13+,23-22?. The number of thioether (sulfide) groups is 1. The zero-order chi connectivity index (χ0) is 20.3. The fourth-order valence-corrected chi connectivity index (χ4v) is 3.85. The maximum atomic E-state index is 12.9. The Kier molecular flexibility index (Phi) is 5.99. The van der Waals surface area contributed by atoms with Crippen molar-refractivity contribution in [2.45, 2.75) is 26.8 Å². The van der Waals surface area contributed by atoms with Crippen molar-refractivity contribution in [1.29, 1.82) is 0 Å². The molecule has 5 nitrogen and oxygen atoms in total. The molecule has 1 aliphatic heterocycles. The first kappa shape index (κ1) is 19.9. The number of methoxy groups -OCH3 is 1. The summed E-state index contributed by atoms with van der Waals surface area (Å²) >= 11 is 1.36. The van der Waals surface area contributed by atoms with E-state index in [1.165, 1.54) is 18.9 Å². The minimum Gasteiger partial charge on any atom is -0.465 e. The molecule has 1 amide bonds. The predicted octanol–water partition coefficient (Wildman–Crippen LogP) is 4.79. The number of nitrogens with zero attached hydrogens (tertiary/aromatic N) is 2. The lowest BCUT2D eigenvalue weighted by atomic mass is 10.1. The Bertz CT molecular complexity index is 945. The number of hydrogen-bond acceptors (Lipinski definition) is 5. The van der Waals surface area contributed by atoms with Crippen LogP contribution in [0.25, 0.3) is 6.08 Å². The van der Waals surface area contributed by atoms with Gasteiger partial charge >= 0.3 is 5.97 Å². The fraction of sp³-hybridized carbons (Fsp3) is 0.227. The van der Waals surface area contributed by atoms with Gasteiger partial charge in [-0.2, -0.15) is 0 Å². The second-order valence-corrected chi connectivity index (χ2v) is 7.73. The molecule has 0 spiro atoms. The number of ether oxygens (including phenoxy) is 1. The normalized spacial score (nSPS) is 17.0. The summed E-state index contributed by atoms with van der Waals surface area (Å²) in [4.78, 5) is 31.5. The first-order chi connectivity index (χ1) is 13.4. The number of carbonyl (C=O) groups is 2. The van der Waals surface area contributed by atoms with Gasteiger partial charge in [-0.3, -0.25) is 9.69 Å². The maximum Gasteiger partial charge on any atom is 0.337 e. The number of aryl methyl sites for hydroxylation is 1. The molecular formula is C22H22N2O3S. The Morgan fingerprint density at radius 2 is 1.75 bits per heavy atom. The van der Waals surface area contributed by atoms with E-state index in [4.69, 9.17) is 4.74 Å². The Labute approximate surface area is 169 Å². The molecule has 3 rings (SSSR count). The van der Waals surface area contributed by atoms with E-state index in [-0.39, 0.29) is 17.9 Å². The van der Waals surface area contributed by atoms with Gasteiger partial charge in [0, 0.05) is 6.04 Å². The second kappa shape index (κ2) is 8.44. The lowest BCUT2D eigenvalue weighted by Gasteiger charge is -2.19. The molecule has 28 heavy (non-hydrogen) atoms. The quantitative estimate of drug-likeness (QED) is 0.552. The van der Waals surface area contributed by atoms with Crippen molar-refractivity contribution in [2.75, 3.05) is 7.11 Å². The van der Waals surface area contributed by atoms with Crippen molar-refractivity contribution >= 4 is 40.6 Å². The van der Waals surface area contributed by atoms with Gasteiger partial charge in [0.1, 0.15) is 0 Å². The van der Waals surface area contributed by atoms with Crippen molar-refractivity contribution in [3.8, 4) is 0 Å². The van der Waals surface area contributed by atoms with Crippen LogP contribution in [0.15, 0.2) is 58.4 Å². The summed E-state index contributed by atoms with van der Waals surface area (Å²) in [5, 5.41) is 0.668. The first-order valence-electron chi connectivity index (χ1n) is 8.96. The third kappa shape index (κ3) is 4.34. The minimum atomic E-state index is -0.385. The van der Waals surface area contributed by atoms with E-state index in [2.05, 4.69) is 4.99 Å². The summed E-state index contributed by atoms with van der Waals surface area (Å²) in [6.45, 7) is 5.96. The molecule has 6 heteroatoms. The molecule has 0 saturated carbocycles. The summed E-state index contributed by atoms with van der Waals surface area (Å²) in [5.74, 6) is -0.452. The lowest BCUT2D eigenvalue weighted by molar-refractivity contribution is -0.123. The molecule has 0 aliphatic carbocycles. The molecule has 0 unspecified atom stereocenters. The number of esters is 1. The van der Waals surface area contributed by atoms with Gasteiger partial charge in [-0.05, 0) is 68.4 Å². The smallest absolute Gasteiger partial charge is 0.337 e. The number of carbonyl (C=O) groups excluding carboxylic acids is 2. The van der Waals surface area contributed by atoms with E-state index in [0.29, 0.717) is 15.6 Å². The van der Waals surface area contributed by atoms with E-state index in [0.717, 1.165) is 16.8 Å². The Hall–Kier alpha value is -2.86. The van der Waals surface area contributed by atoms with Crippen molar-refractivity contribution in [3.05, 3.63) is 70.1 Å². The van der Waals surface area contributed by atoms with Crippen LogP contribution in [-0.2, 0) is 9.53 Å². The lowest BCUT2D eigenvalue weighted by Crippen LogP contribution is -2.35. The molecule has 0 atom stereocenters. The number of amides is 1. The molecule has 0 N–H and O–H groups in total. The summed E-state index contributed by atoms with van der Waals surface area (Å²) in [7, 11) is 1.35. The van der Waals surface area contributed by atoms with Crippen molar-refractivity contribution in [3.63, 3.8) is 0 Å². The van der Waals surface area contributed by atoms with Crippen LogP contribution in [0.3, 0.4) is 0 Å². The summed E-state index contributed by atoms with van der Waals surface area (Å²) in [6.07, 6.45) is 1.82. The maximum absolute atomic E-state index is 12.9. The third-order valence-corrected chi connectivity index (χ3v) is 5.22. The van der Waals surface area contributed by atoms with Gasteiger partial charge in [0.25, 0.3) is 5.91 Å². The first-order valence-corrected chi connectivity index (χ1v) is 9.77. The predicted molar refractivity (Wildman–Crippen MR) is 114 cm³/mol. The average Bonchev–Trinajstić information content (AvgIpc) is 2.98. The molecule has 2 aromatic carbocycles. The summed E-state index contributed by atoms with van der Waals surface area (Å²) < 4.78 is 4.71. The molecule has 144 valence electrons. The van der Waals surface area contributed by atoms with E-state index in [9.17, 15) is 9.59 Å². The van der Waals surface area contributed by atoms with Crippen LogP contribution in [0.5, 0.6) is 0 Å². The van der Waals surface area contributed by atoms with Gasteiger partial charge in [-0.25, -0.2) is 9.79 Å². The number of rotatable bonds is 4. The number of amidine groups is 1. The van der Waals surface area contributed by atoms with Gasteiger partial charge in [-0.15, -0.1) is 0 Å². The number of aliphatic imine (C=N–C) groups is 1. The van der Waals surface area contributed by atoms with Crippen LogP contribution in [0.4, 0.5) is 5.69 Å². The monoisotopic (exact) mass is 394 g/mol. The van der Waals surface area contributed by atoms with E-state index in [1.807, 2.05) is 51.1 Å². The van der Waals surface area contributed by atoms with E-state index >= 15 is 0 Å². The highest BCUT2D eigenvalue weighted by Crippen LogP contribution is 2.35. The largest absolute Gasteiger partial charge is 0.465 e.